The van der Waals surface area contributed by atoms with Crippen LogP contribution in [0.4, 0.5) is 0 Å². The highest BCUT2D eigenvalue weighted by molar-refractivity contribution is 5.83. The number of nitrogens with one attached hydrogen (secondary N) is 1. The van der Waals surface area contributed by atoms with Gasteiger partial charge in [-0.05, 0) is 19.8 Å². The molecule has 1 unspecified atom stereocenters. The van der Waals surface area contributed by atoms with Crippen LogP contribution in [0.3, 0.4) is 0 Å². The lowest BCUT2D eigenvalue weighted by Crippen LogP contribution is -2.24. The summed E-state index contributed by atoms with van der Waals surface area (Å²) in [7, 11) is 0. The lowest BCUT2D eigenvalue weighted by molar-refractivity contribution is 0.186. The molecule has 64 valence electrons. The van der Waals surface area contributed by atoms with Crippen molar-refractivity contribution in [3.05, 3.63) is 0 Å². The van der Waals surface area contributed by atoms with Crippen LogP contribution in [0.25, 0.3) is 0 Å². The van der Waals surface area contributed by atoms with Gasteiger partial charge in [-0.2, -0.15) is 0 Å². The monoisotopic (exact) mass is 156 g/mol. The summed E-state index contributed by atoms with van der Waals surface area (Å²) >= 11 is 0. The van der Waals surface area contributed by atoms with E-state index in [0.717, 1.165) is 31.8 Å². The zero-order valence-electron chi connectivity index (χ0n) is 7.01. The van der Waals surface area contributed by atoms with Crippen LogP contribution < -0.4 is 5.32 Å². The number of hydrogen-bond acceptors (Lipinski definition) is 3. The summed E-state index contributed by atoms with van der Waals surface area (Å²) < 4.78 is 0. The van der Waals surface area contributed by atoms with Gasteiger partial charge in [0.15, 0.2) is 0 Å². The van der Waals surface area contributed by atoms with E-state index in [1.807, 2.05) is 0 Å². The molecule has 0 aromatic heterocycles. The first-order chi connectivity index (χ1) is 5.29. The Morgan fingerprint density at radius 2 is 2.55 bits per heavy atom. The molecule has 0 radical (unpaired) electrons. The Bertz CT molecular complexity index is 143. The normalized spacial score (nSPS) is 19.6. The molecule has 1 atom stereocenters. The molecule has 0 bridgehead atoms. The second kappa shape index (κ2) is 4.34. The van der Waals surface area contributed by atoms with Crippen molar-refractivity contribution in [1.82, 2.24) is 5.32 Å². The van der Waals surface area contributed by atoms with Crippen LogP contribution in [0.15, 0.2) is 4.99 Å². The highest BCUT2D eigenvalue weighted by Gasteiger charge is 2.04. The number of hydrogen-bond donors (Lipinski definition) is 2. The summed E-state index contributed by atoms with van der Waals surface area (Å²) in [6.07, 6.45) is 2.86. The van der Waals surface area contributed by atoms with Crippen LogP contribution in [-0.2, 0) is 0 Å². The van der Waals surface area contributed by atoms with Crippen LogP contribution in [0.2, 0.25) is 0 Å². The number of amidine groups is 1. The molecule has 0 fully saturated rings. The number of rotatable bonds is 3. The first-order valence-electron chi connectivity index (χ1n) is 4.24. The number of nitrogens with zero attached hydrogens (tertiary/aromatic N) is 1. The van der Waals surface area contributed by atoms with Gasteiger partial charge in [0.1, 0.15) is 0 Å². The summed E-state index contributed by atoms with van der Waals surface area (Å²) in [6.45, 7) is 3.62. The van der Waals surface area contributed by atoms with Gasteiger partial charge in [-0.1, -0.05) is 0 Å². The average Bonchev–Trinajstić information content (AvgIpc) is 2.39. The number of aliphatic hydroxyl groups is 1. The molecule has 1 aliphatic rings. The molecular weight excluding hydrogens is 140 g/mol. The molecule has 3 nitrogen and oxygen atoms in total. The van der Waals surface area contributed by atoms with E-state index in [2.05, 4.69) is 10.3 Å². The van der Waals surface area contributed by atoms with Crippen molar-refractivity contribution in [1.29, 1.82) is 0 Å². The van der Waals surface area contributed by atoms with Crippen LogP contribution in [0, 0.1) is 0 Å². The van der Waals surface area contributed by atoms with Gasteiger partial charge >= 0.3 is 0 Å². The van der Waals surface area contributed by atoms with Gasteiger partial charge in [-0.3, -0.25) is 4.99 Å². The molecule has 1 aliphatic heterocycles. The minimum absolute atomic E-state index is 0.204. The van der Waals surface area contributed by atoms with E-state index in [9.17, 15) is 0 Å². The van der Waals surface area contributed by atoms with Gasteiger partial charge in [0.05, 0.1) is 11.9 Å². The molecule has 0 saturated heterocycles. The van der Waals surface area contributed by atoms with Gasteiger partial charge in [0.2, 0.25) is 0 Å². The predicted molar refractivity (Wildman–Crippen MR) is 45.8 cm³/mol. The number of aliphatic hydroxyl groups excluding tert-OH is 1. The lowest BCUT2D eigenvalue weighted by atomic mass is 10.3. The van der Waals surface area contributed by atoms with E-state index in [-0.39, 0.29) is 6.10 Å². The lowest BCUT2D eigenvalue weighted by Gasteiger charge is -2.06. The topological polar surface area (TPSA) is 44.6 Å². The largest absolute Gasteiger partial charge is 0.393 e. The molecule has 0 saturated carbocycles. The first-order valence-corrected chi connectivity index (χ1v) is 4.24. The smallest absolute Gasteiger partial charge is 0.0963 e. The van der Waals surface area contributed by atoms with Crippen molar-refractivity contribution >= 4 is 5.84 Å². The highest BCUT2D eigenvalue weighted by Crippen LogP contribution is 2.00. The van der Waals surface area contributed by atoms with E-state index in [1.165, 1.54) is 6.42 Å². The Balaban J connectivity index is 2.03. The van der Waals surface area contributed by atoms with Crippen molar-refractivity contribution in [3.8, 4) is 0 Å². The van der Waals surface area contributed by atoms with E-state index >= 15 is 0 Å². The Morgan fingerprint density at radius 3 is 3.09 bits per heavy atom. The zero-order valence-corrected chi connectivity index (χ0v) is 7.01. The molecule has 3 heteroatoms. The van der Waals surface area contributed by atoms with Crippen LogP contribution in [0.1, 0.15) is 26.2 Å². The third-order valence-electron chi connectivity index (χ3n) is 1.77. The van der Waals surface area contributed by atoms with Gasteiger partial charge in [-0.25, -0.2) is 0 Å². The molecule has 0 amide bonds. The average molecular weight is 156 g/mol. The quantitative estimate of drug-likeness (QED) is 0.626. The van der Waals surface area contributed by atoms with Gasteiger partial charge in [0, 0.05) is 19.5 Å². The maximum absolute atomic E-state index is 8.95. The Labute approximate surface area is 67.5 Å². The summed E-state index contributed by atoms with van der Waals surface area (Å²) in [5, 5.41) is 12.1. The summed E-state index contributed by atoms with van der Waals surface area (Å²) in [5.74, 6) is 1.12. The van der Waals surface area contributed by atoms with Gasteiger partial charge < -0.3 is 10.4 Å². The van der Waals surface area contributed by atoms with Crippen LogP contribution in [0.5, 0.6) is 0 Å². The standard InChI is InChI=1S/C8H16N2O/c1-7(11)4-6-10-8-3-2-5-9-8/h7,11H,2-6H2,1H3,(H,9,10). The molecule has 1 heterocycles. The number of aliphatic imine (C=N–C) groups is 1. The Morgan fingerprint density at radius 1 is 1.73 bits per heavy atom. The molecular formula is C8H16N2O. The summed E-state index contributed by atoms with van der Waals surface area (Å²) in [6, 6.07) is 0. The van der Waals surface area contributed by atoms with Crippen molar-refractivity contribution in [3.63, 3.8) is 0 Å². The van der Waals surface area contributed by atoms with Crippen LogP contribution >= 0.6 is 0 Å². The maximum Gasteiger partial charge on any atom is 0.0963 e. The second-order valence-corrected chi connectivity index (χ2v) is 3.00. The Kier molecular flexibility index (Phi) is 3.36. The minimum Gasteiger partial charge on any atom is -0.393 e. The van der Waals surface area contributed by atoms with Crippen molar-refractivity contribution in [2.24, 2.45) is 4.99 Å². The Hall–Kier alpha value is -0.570. The van der Waals surface area contributed by atoms with E-state index in [4.69, 9.17) is 5.11 Å². The predicted octanol–water partition coefficient (Wildman–Crippen LogP) is 0.539. The fourth-order valence-electron chi connectivity index (χ4n) is 1.11. The van der Waals surface area contributed by atoms with Gasteiger partial charge in [-0.15, -0.1) is 0 Å². The van der Waals surface area contributed by atoms with Crippen LogP contribution in [-0.4, -0.2) is 30.1 Å². The summed E-state index contributed by atoms with van der Waals surface area (Å²) in [4.78, 5) is 4.26. The molecule has 1 rings (SSSR count). The van der Waals surface area contributed by atoms with E-state index < -0.39 is 0 Å². The van der Waals surface area contributed by atoms with E-state index in [0.29, 0.717) is 0 Å². The fraction of sp³-hybridized carbons (Fsp3) is 0.875. The minimum atomic E-state index is -0.204. The molecule has 0 aromatic carbocycles. The molecule has 2 N–H and O–H groups in total. The maximum atomic E-state index is 8.95. The van der Waals surface area contributed by atoms with Crippen molar-refractivity contribution in [2.45, 2.75) is 32.3 Å². The fourth-order valence-corrected chi connectivity index (χ4v) is 1.11. The van der Waals surface area contributed by atoms with Gasteiger partial charge in [0.25, 0.3) is 0 Å². The molecule has 0 spiro atoms. The molecule has 0 aliphatic carbocycles. The van der Waals surface area contributed by atoms with E-state index in [1.54, 1.807) is 6.92 Å². The third-order valence-corrected chi connectivity index (χ3v) is 1.77. The third kappa shape index (κ3) is 3.37. The molecule has 0 aromatic rings. The molecule has 11 heavy (non-hydrogen) atoms. The van der Waals surface area contributed by atoms with Crippen molar-refractivity contribution in [2.75, 3.05) is 13.1 Å². The first kappa shape index (κ1) is 8.53. The zero-order chi connectivity index (χ0) is 8.10. The van der Waals surface area contributed by atoms with Crippen molar-refractivity contribution < 1.29 is 5.11 Å². The highest BCUT2D eigenvalue weighted by atomic mass is 16.3. The SMILES string of the molecule is CC(O)CCNC1=NCCC1. The summed E-state index contributed by atoms with van der Waals surface area (Å²) in [5.41, 5.74) is 0. The second-order valence-electron chi connectivity index (χ2n) is 3.00.